The quantitative estimate of drug-likeness (QED) is 0.489. The van der Waals surface area contributed by atoms with E-state index in [1.54, 1.807) is 6.20 Å². The van der Waals surface area contributed by atoms with Gasteiger partial charge < -0.3 is 4.90 Å². The van der Waals surface area contributed by atoms with Crippen LogP contribution in [0.1, 0.15) is 45.2 Å². The summed E-state index contributed by atoms with van der Waals surface area (Å²) in [5.74, 6) is 0.584. The molecule has 2 aromatic carbocycles. The maximum atomic E-state index is 13.1. The summed E-state index contributed by atoms with van der Waals surface area (Å²) >= 11 is 0. The summed E-state index contributed by atoms with van der Waals surface area (Å²) in [4.78, 5) is 19.3. The molecule has 0 bridgehead atoms. The summed E-state index contributed by atoms with van der Waals surface area (Å²) < 4.78 is 0. The number of hydrogen-bond donors (Lipinski definition) is 0. The monoisotopic (exact) mass is 372 g/mol. The van der Waals surface area contributed by atoms with E-state index in [1.165, 1.54) is 0 Å². The minimum Gasteiger partial charge on any atom is -0.305 e. The molecule has 1 aromatic heterocycles. The lowest BCUT2D eigenvalue weighted by Gasteiger charge is -2.34. The molecule has 1 unspecified atom stereocenters. The number of carbonyl (C=O) groups is 1. The number of rotatable bonds is 7. The molecule has 3 heteroatoms. The van der Waals surface area contributed by atoms with Gasteiger partial charge in [-0.2, -0.15) is 0 Å². The van der Waals surface area contributed by atoms with Gasteiger partial charge in [0.05, 0.1) is 6.04 Å². The zero-order valence-corrected chi connectivity index (χ0v) is 16.9. The van der Waals surface area contributed by atoms with Crippen LogP contribution in [0.25, 0.3) is 11.1 Å². The van der Waals surface area contributed by atoms with Crippen molar-refractivity contribution in [2.24, 2.45) is 5.92 Å². The van der Waals surface area contributed by atoms with Gasteiger partial charge in [0.15, 0.2) is 0 Å². The molecule has 1 amide bonds. The summed E-state index contributed by atoms with van der Waals surface area (Å²) in [5, 5.41) is 0. The van der Waals surface area contributed by atoms with Crippen LogP contribution in [0.15, 0.2) is 79.1 Å². The third kappa shape index (κ3) is 4.48. The van der Waals surface area contributed by atoms with Crippen LogP contribution in [0.5, 0.6) is 0 Å². The lowest BCUT2D eigenvalue weighted by molar-refractivity contribution is -0.118. The minimum atomic E-state index is -0.0359. The van der Waals surface area contributed by atoms with E-state index in [9.17, 15) is 4.79 Å². The summed E-state index contributed by atoms with van der Waals surface area (Å²) in [6.07, 6.45) is 5.03. The van der Waals surface area contributed by atoms with Crippen molar-refractivity contribution in [3.05, 3.63) is 84.7 Å². The van der Waals surface area contributed by atoms with Gasteiger partial charge in [-0.1, -0.05) is 69.3 Å². The molecule has 0 radical (unpaired) electrons. The highest BCUT2D eigenvalue weighted by Gasteiger charge is 2.28. The van der Waals surface area contributed by atoms with Crippen molar-refractivity contribution < 1.29 is 4.79 Å². The van der Waals surface area contributed by atoms with Gasteiger partial charge in [0.25, 0.3) is 0 Å². The smallest absolute Gasteiger partial charge is 0.227 e. The number of aromatic nitrogens is 1. The minimum absolute atomic E-state index is 0.0359. The van der Waals surface area contributed by atoms with Crippen LogP contribution in [0, 0.1) is 5.92 Å². The normalized spacial score (nSPS) is 12.0. The Balaban J connectivity index is 2.16. The largest absolute Gasteiger partial charge is 0.305 e. The van der Waals surface area contributed by atoms with Gasteiger partial charge in [0.2, 0.25) is 5.91 Å². The van der Waals surface area contributed by atoms with Crippen molar-refractivity contribution >= 4 is 11.6 Å². The van der Waals surface area contributed by atoms with Crippen LogP contribution in [-0.2, 0) is 4.79 Å². The Morgan fingerprint density at radius 2 is 1.68 bits per heavy atom. The summed E-state index contributed by atoms with van der Waals surface area (Å²) in [5.41, 5.74) is 4.31. The number of hydrogen-bond acceptors (Lipinski definition) is 2. The Morgan fingerprint density at radius 1 is 0.964 bits per heavy atom. The molecular weight excluding hydrogens is 344 g/mol. The number of amides is 1. The molecule has 28 heavy (non-hydrogen) atoms. The molecule has 0 aliphatic heterocycles. The standard InChI is InChI=1S/C25H28N2O/c1-4-25(28)27(21-12-6-5-7-13-21)24(17-19(2)3)23-15-9-8-14-22(23)20-11-10-16-26-18-20/h5-16,18-19,24H,4,17H2,1-3H3. The van der Waals surface area contributed by atoms with Gasteiger partial charge >= 0.3 is 0 Å². The highest BCUT2D eigenvalue weighted by molar-refractivity contribution is 5.94. The summed E-state index contributed by atoms with van der Waals surface area (Å²) in [6, 6.07) is 22.4. The molecule has 0 N–H and O–H groups in total. The maximum absolute atomic E-state index is 13.1. The van der Waals surface area contributed by atoms with Crippen molar-refractivity contribution in [3.63, 3.8) is 0 Å². The first-order valence-corrected chi connectivity index (χ1v) is 9.98. The van der Waals surface area contributed by atoms with Crippen LogP contribution in [0.3, 0.4) is 0 Å². The van der Waals surface area contributed by atoms with Crippen LogP contribution < -0.4 is 4.90 Å². The first-order valence-electron chi connectivity index (χ1n) is 9.98. The van der Waals surface area contributed by atoms with E-state index >= 15 is 0 Å². The second-order valence-electron chi connectivity index (χ2n) is 7.43. The molecule has 144 valence electrons. The Hall–Kier alpha value is -2.94. The second-order valence-corrected chi connectivity index (χ2v) is 7.43. The predicted octanol–water partition coefficient (Wildman–Crippen LogP) is 6.28. The molecule has 3 nitrogen and oxygen atoms in total. The molecule has 1 atom stereocenters. The average Bonchev–Trinajstić information content (AvgIpc) is 2.74. The number of anilines is 1. The Kier molecular flexibility index (Phi) is 6.59. The number of para-hydroxylation sites is 1. The fourth-order valence-electron chi connectivity index (χ4n) is 3.65. The summed E-state index contributed by atoms with van der Waals surface area (Å²) in [7, 11) is 0. The van der Waals surface area contributed by atoms with Crippen molar-refractivity contribution in [1.29, 1.82) is 0 Å². The number of carbonyl (C=O) groups excluding carboxylic acids is 1. The van der Waals surface area contributed by atoms with Gasteiger partial charge in [0, 0.05) is 30.1 Å². The lowest BCUT2D eigenvalue weighted by atomic mass is 9.89. The van der Waals surface area contributed by atoms with Crippen molar-refractivity contribution in [2.75, 3.05) is 4.90 Å². The maximum Gasteiger partial charge on any atom is 0.227 e. The van der Waals surface area contributed by atoms with Crippen LogP contribution in [0.4, 0.5) is 5.69 Å². The van der Waals surface area contributed by atoms with E-state index in [2.05, 4.69) is 43.1 Å². The van der Waals surface area contributed by atoms with E-state index in [0.717, 1.165) is 28.8 Å². The Morgan fingerprint density at radius 3 is 2.32 bits per heavy atom. The number of benzene rings is 2. The molecule has 0 aliphatic carbocycles. The fourth-order valence-corrected chi connectivity index (χ4v) is 3.65. The highest BCUT2D eigenvalue weighted by atomic mass is 16.2. The Bertz CT molecular complexity index is 891. The van der Waals surface area contributed by atoms with Crippen molar-refractivity contribution in [3.8, 4) is 11.1 Å². The molecule has 3 rings (SSSR count). The lowest BCUT2D eigenvalue weighted by Crippen LogP contribution is -2.35. The first kappa shape index (κ1) is 19.8. The molecule has 0 aliphatic rings. The molecule has 1 heterocycles. The van der Waals surface area contributed by atoms with E-state index < -0.39 is 0 Å². The molecule has 0 spiro atoms. The predicted molar refractivity (Wildman–Crippen MR) is 116 cm³/mol. The van der Waals surface area contributed by atoms with Crippen molar-refractivity contribution in [1.82, 2.24) is 4.98 Å². The van der Waals surface area contributed by atoms with Crippen molar-refractivity contribution in [2.45, 2.75) is 39.7 Å². The average molecular weight is 373 g/mol. The number of nitrogens with zero attached hydrogens (tertiary/aromatic N) is 2. The van der Waals surface area contributed by atoms with Crippen LogP contribution in [-0.4, -0.2) is 10.9 Å². The molecule has 0 fully saturated rings. The third-order valence-electron chi connectivity index (χ3n) is 4.90. The number of pyridine rings is 1. The first-order chi connectivity index (χ1) is 13.6. The molecule has 0 saturated carbocycles. The fraction of sp³-hybridized carbons (Fsp3) is 0.280. The van der Waals surface area contributed by atoms with Gasteiger partial charge in [0.1, 0.15) is 0 Å². The SMILES string of the molecule is CCC(=O)N(c1ccccc1)C(CC(C)C)c1ccccc1-c1cccnc1. The van der Waals surface area contributed by atoms with Gasteiger partial charge in [-0.25, -0.2) is 0 Å². The van der Waals surface area contributed by atoms with E-state index in [1.807, 2.05) is 60.5 Å². The van der Waals surface area contributed by atoms with Crippen LogP contribution in [0.2, 0.25) is 0 Å². The molecular formula is C25H28N2O. The third-order valence-corrected chi connectivity index (χ3v) is 4.90. The topological polar surface area (TPSA) is 33.2 Å². The van der Waals surface area contributed by atoms with E-state index in [0.29, 0.717) is 12.3 Å². The van der Waals surface area contributed by atoms with E-state index in [-0.39, 0.29) is 11.9 Å². The van der Waals surface area contributed by atoms with Gasteiger partial charge in [-0.05, 0) is 41.7 Å². The summed E-state index contributed by atoms with van der Waals surface area (Å²) in [6.45, 7) is 6.34. The second kappa shape index (κ2) is 9.32. The molecule has 3 aromatic rings. The van der Waals surface area contributed by atoms with Crippen LogP contribution >= 0.6 is 0 Å². The molecule has 0 saturated heterocycles. The van der Waals surface area contributed by atoms with E-state index in [4.69, 9.17) is 0 Å². The van der Waals surface area contributed by atoms with Gasteiger partial charge in [-0.3, -0.25) is 9.78 Å². The zero-order chi connectivity index (χ0) is 19.9. The highest BCUT2D eigenvalue weighted by Crippen LogP contribution is 2.37. The van der Waals surface area contributed by atoms with Gasteiger partial charge in [-0.15, -0.1) is 0 Å². The Labute approximate surface area is 168 Å². The zero-order valence-electron chi connectivity index (χ0n) is 16.9.